The van der Waals surface area contributed by atoms with E-state index < -0.39 is 10.1 Å². The van der Waals surface area contributed by atoms with E-state index in [9.17, 15) is 13.2 Å². The molecule has 128 valence electrons. The third-order valence-corrected chi connectivity index (χ3v) is 4.14. The number of benzene rings is 1. The van der Waals surface area contributed by atoms with Crippen molar-refractivity contribution in [3.8, 4) is 5.75 Å². The van der Waals surface area contributed by atoms with Crippen LogP contribution in [0.3, 0.4) is 0 Å². The van der Waals surface area contributed by atoms with Crippen molar-refractivity contribution in [3.63, 3.8) is 0 Å². The molecule has 23 heavy (non-hydrogen) atoms. The average molecular weight is 341 g/mol. The van der Waals surface area contributed by atoms with Crippen molar-refractivity contribution in [2.75, 3.05) is 19.4 Å². The first-order valence-electron chi connectivity index (χ1n) is 7.75. The van der Waals surface area contributed by atoms with Gasteiger partial charge in [0.2, 0.25) is 5.91 Å². The minimum absolute atomic E-state index is 0.0805. The zero-order valence-corrected chi connectivity index (χ0v) is 14.3. The molecule has 0 unspecified atom stereocenters. The van der Waals surface area contributed by atoms with Crippen molar-refractivity contribution in [1.82, 2.24) is 4.90 Å². The topological polar surface area (TPSA) is 72.9 Å². The highest BCUT2D eigenvalue weighted by molar-refractivity contribution is 7.86. The van der Waals surface area contributed by atoms with Crippen molar-refractivity contribution in [2.45, 2.75) is 38.8 Å². The SMILES string of the molecule is CCC(=O)N(Cc1ccc(OS(C)(=O)=O)cc1)C[C@@H]1CCCO1. The summed E-state index contributed by atoms with van der Waals surface area (Å²) in [5, 5.41) is 0. The molecular formula is C16H23NO5S. The summed E-state index contributed by atoms with van der Waals surface area (Å²) in [6.07, 6.45) is 3.58. The highest BCUT2D eigenvalue weighted by Crippen LogP contribution is 2.18. The molecular weight excluding hydrogens is 318 g/mol. The second-order valence-corrected chi connectivity index (χ2v) is 7.27. The summed E-state index contributed by atoms with van der Waals surface area (Å²) in [6, 6.07) is 6.73. The maximum absolute atomic E-state index is 12.1. The standard InChI is InChI=1S/C16H23NO5S/c1-3-16(18)17(12-15-5-4-10-21-15)11-13-6-8-14(9-7-13)22-23(2,19)20/h6-9,15H,3-5,10-12H2,1-2H3/t15-/m0/s1. The fourth-order valence-corrected chi connectivity index (χ4v) is 3.02. The summed E-state index contributed by atoms with van der Waals surface area (Å²) in [7, 11) is -3.53. The second kappa shape index (κ2) is 7.79. The van der Waals surface area contributed by atoms with Crippen LogP contribution in [0.25, 0.3) is 0 Å². The Hall–Kier alpha value is -1.60. The molecule has 6 nitrogen and oxygen atoms in total. The van der Waals surface area contributed by atoms with Gasteiger partial charge in [-0.15, -0.1) is 0 Å². The van der Waals surface area contributed by atoms with Gasteiger partial charge in [0.1, 0.15) is 5.75 Å². The third kappa shape index (κ3) is 5.84. The summed E-state index contributed by atoms with van der Waals surface area (Å²) >= 11 is 0. The number of ether oxygens (including phenoxy) is 1. The van der Waals surface area contributed by atoms with Crippen LogP contribution in [0.15, 0.2) is 24.3 Å². The Kier molecular flexibility index (Phi) is 6.01. The molecule has 0 aliphatic carbocycles. The lowest BCUT2D eigenvalue weighted by Crippen LogP contribution is -2.36. The highest BCUT2D eigenvalue weighted by atomic mass is 32.2. The molecule has 1 atom stereocenters. The van der Waals surface area contributed by atoms with Crippen molar-refractivity contribution in [1.29, 1.82) is 0 Å². The predicted molar refractivity (Wildman–Crippen MR) is 86.6 cm³/mol. The molecule has 1 aliphatic heterocycles. The predicted octanol–water partition coefficient (Wildman–Crippen LogP) is 1.94. The molecule has 1 aromatic carbocycles. The summed E-state index contributed by atoms with van der Waals surface area (Å²) in [5.41, 5.74) is 0.922. The molecule has 0 radical (unpaired) electrons. The molecule has 1 amide bonds. The molecule has 1 fully saturated rings. The summed E-state index contributed by atoms with van der Waals surface area (Å²) < 4.78 is 32.6. The number of carbonyl (C=O) groups excluding carboxylic acids is 1. The average Bonchev–Trinajstić information content (AvgIpc) is 2.99. The van der Waals surface area contributed by atoms with E-state index in [0.717, 1.165) is 31.3 Å². The number of hydrogen-bond donors (Lipinski definition) is 0. The molecule has 1 heterocycles. The summed E-state index contributed by atoms with van der Waals surface area (Å²) in [6.45, 7) is 3.67. The van der Waals surface area contributed by atoms with Gasteiger partial charge in [0.15, 0.2) is 0 Å². The molecule has 0 bridgehead atoms. The first-order valence-corrected chi connectivity index (χ1v) is 9.57. The van der Waals surface area contributed by atoms with Crippen LogP contribution < -0.4 is 4.18 Å². The second-order valence-electron chi connectivity index (χ2n) is 5.69. The van der Waals surface area contributed by atoms with E-state index in [1.54, 1.807) is 29.2 Å². The van der Waals surface area contributed by atoms with E-state index in [1.165, 1.54) is 0 Å². The molecule has 0 N–H and O–H groups in total. The molecule has 0 spiro atoms. The van der Waals surface area contributed by atoms with Crippen LogP contribution in [0, 0.1) is 0 Å². The molecule has 1 aromatic rings. The lowest BCUT2D eigenvalue weighted by atomic mass is 10.1. The summed E-state index contributed by atoms with van der Waals surface area (Å²) in [5.74, 6) is 0.348. The van der Waals surface area contributed by atoms with Crippen LogP contribution in [0.4, 0.5) is 0 Å². The monoisotopic (exact) mass is 341 g/mol. The van der Waals surface area contributed by atoms with E-state index >= 15 is 0 Å². The van der Waals surface area contributed by atoms with Gasteiger partial charge in [-0.1, -0.05) is 19.1 Å². The van der Waals surface area contributed by atoms with E-state index in [2.05, 4.69) is 0 Å². The van der Waals surface area contributed by atoms with Crippen LogP contribution in [0.5, 0.6) is 5.75 Å². The first kappa shape index (κ1) is 17.7. The Morgan fingerprint density at radius 2 is 2.04 bits per heavy atom. The highest BCUT2D eigenvalue weighted by Gasteiger charge is 2.22. The smallest absolute Gasteiger partial charge is 0.306 e. The van der Waals surface area contributed by atoms with E-state index in [1.807, 2.05) is 6.92 Å². The van der Waals surface area contributed by atoms with Gasteiger partial charge in [-0.2, -0.15) is 8.42 Å². The molecule has 1 aliphatic rings. The van der Waals surface area contributed by atoms with Crippen LogP contribution >= 0.6 is 0 Å². The Balaban J connectivity index is 2.01. The molecule has 2 rings (SSSR count). The quantitative estimate of drug-likeness (QED) is 0.709. The van der Waals surface area contributed by atoms with Crippen molar-refractivity contribution < 1.29 is 22.1 Å². The van der Waals surface area contributed by atoms with Gasteiger partial charge in [-0.25, -0.2) is 0 Å². The van der Waals surface area contributed by atoms with Crippen molar-refractivity contribution in [2.24, 2.45) is 0 Å². The zero-order valence-electron chi connectivity index (χ0n) is 13.5. The Morgan fingerprint density at radius 1 is 1.35 bits per heavy atom. The van der Waals surface area contributed by atoms with Crippen molar-refractivity contribution in [3.05, 3.63) is 29.8 Å². The lowest BCUT2D eigenvalue weighted by Gasteiger charge is -2.25. The first-order chi connectivity index (χ1) is 10.9. The van der Waals surface area contributed by atoms with Gasteiger partial charge in [0.25, 0.3) is 0 Å². The van der Waals surface area contributed by atoms with Crippen LogP contribution in [-0.2, 0) is 26.2 Å². The minimum atomic E-state index is -3.53. The number of hydrogen-bond acceptors (Lipinski definition) is 5. The van der Waals surface area contributed by atoms with E-state index in [4.69, 9.17) is 8.92 Å². The molecule has 0 aromatic heterocycles. The largest absolute Gasteiger partial charge is 0.383 e. The maximum Gasteiger partial charge on any atom is 0.306 e. The Labute approximate surface area is 137 Å². The number of nitrogens with zero attached hydrogens (tertiary/aromatic N) is 1. The van der Waals surface area contributed by atoms with E-state index in [-0.39, 0.29) is 17.8 Å². The minimum Gasteiger partial charge on any atom is -0.383 e. The van der Waals surface area contributed by atoms with Gasteiger partial charge in [0, 0.05) is 26.1 Å². The van der Waals surface area contributed by atoms with Crippen LogP contribution in [0.1, 0.15) is 31.7 Å². The molecule has 1 saturated heterocycles. The van der Waals surface area contributed by atoms with Crippen LogP contribution in [-0.4, -0.2) is 44.7 Å². The Morgan fingerprint density at radius 3 is 2.57 bits per heavy atom. The number of amides is 1. The molecule has 0 saturated carbocycles. The molecule has 7 heteroatoms. The van der Waals surface area contributed by atoms with E-state index in [0.29, 0.717) is 19.5 Å². The van der Waals surface area contributed by atoms with Crippen LogP contribution in [0.2, 0.25) is 0 Å². The summed E-state index contributed by atoms with van der Waals surface area (Å²) in [4.78, 5) is 13.9. The van der Waals surface area contributed by atoms with Gasteiger partial charge in [-0.3, -0.25) is 4.79 Å². The zero-order chi connectivity index (χ0) is 16.9. The maximum atomic E-state index is 12.1. The van der Waals surface area contributed by atoms with Gasteiger partial charge >= 0.3 is 10.1 Å². The fraction of sp³-hybridized carbons (Fsp3) is 0.562. The van der Waals surface area contributed by atoms with Gasteiger partial charge in [-0.05, 0) is 30.5 Å². The number of rotatable bonds is 7. The van der Waals surface area contributed by atoms with Gasteiger partial charge < -0.3 is 13.8 Å². The fourth-order valence-electron chi connectivity index (χ4n) is 2.56. The normalized spacial score (nSPS) is 17.9. The third-order valence-electron chi connectivity index (χ3n) is 3.65. The lowest BCUT2D eigenvalue weighted by molar-refractivity contribution is -0.133. The Bertz CT molecular complexity index is 620. The van der Waals surface area contributed by atoms with Crippen molar-refractivity contribution >= 4 is 16.0 Å². The number of carbonyl (C=O) groups is 1. The van der Waals surface area contributed by atoms with Gasteiger partial charge in [0.05, 0.1) is 12.4 Å².